The van der Waals surface area contributed by atoms with Gasteiger partial charge in [0.2, 0.25) is 0 Å². The van der Waals surface area contributed by atoms with Crippen molar-refractivity contribution in [1.82, 2.24) is 0 Å². The number of aliphatic hydroxyl groups is 3. The van der Waals surface area contributed by atoms with Gasteiger partial charge in [0.05, 0.1) is 19.3 Å². The van der Waals surface area contributed by atoms with Gasteiger partial charge in [0, 0.05) is 10.6 Å². The van der Waals surface area contributed by atoms with Gasteiger partial charge in [0.15, 0.2) is 5.92 Å². The van der Waals surface area contributed by atoms with Gasteiger partial charge < -0.3 is 15.3 Å². The molecule has 0 saturated heterocycles. The molecule has 3 rings (SSSR count). The van der Waals surface area contributed by atoms with Crippen LogP contribution in [0.3, 0.4) is 0 Å². The number of aliphatic hydroxyl groups excluding tert-OH is 3. The molecule has 1 aliphatic carbocycles. The van der Waals surface area contributed by atoms with Crippen molar-refractivity contribution in [1.29, 1.82) is 0 Å². The average Bonchev–Trinajstić information content (AvgIpc) is 2.89. The Morgan fingerprint density at radius 1 is 0.846 bits per heavy atom. The Morgan fingerprint density at radius 3 is 2.05 bits per heavy atom. The van der Waals surface area contributed by atoms with Gasteiger partial charge in [-0.1, -0.05) is 56.5 Å². The van der Waals surface area contributed by atoms with Gasteiger partial charge in [-0.3, -0.25) is 0 Å². The van der Waals surface area contributed by atoms with Crippen molar-refractivity contribution in [2.24, 2.45) is 5.92 Å². The minimum Gasteiger partial charge on any atom is -0.392 e. The van der Waals surface area contributed by atoms with Crippen LogP contribution in [0.4, 0.5) is 26.3 Å². The number of alkyl halides is 6. The van der Waals surface area contributed by atoms with E-state index in [2.05, 4.69) is 0 Å². The van der Waals surface area contributed by atoms with Gasteiger partial charge in [-0.2, -0.15) is 26.3 Å². The van der Waals surface area contributed by atoms with Crippen LogP contribution in [0.2, 0.25) is 0 Å². The molecule has 1 unspecified atom stereocenters. The van der Waals surface area contributed by atoms with E-state index in [9.17, 15) is 41.7 Å². The molecule has 0 aromatic heterocycles. The molecule has 218 valence electrons. The summed E-state index contributed by atoms with van der Waals surface area (Å²) in [6.07, 6.45) is -6.41. The van der Waals surface area contributed by atoms with E-state index in [0.29, 0.717) is 22.4 Å². The molecule has 0 radical (unpaired) electrons. The number of benzene rings is 2. The highest BCUT2D eigenvalue weighted by molar-refractivity contribution is 7.99. The molecule has 1 saturated carbocycles. The third kappa shape index (κ3) is 7.93. The summed E-state index contributed by atoms with van der Waals surface area (Å²) >= 11 is 0.818. The van der Waals surface area contributed by atoms with Crippen molar-refractivity contribution >= 4 is 11.8 Å². The van der Waals surface area contributed by atoms with Gasteiger partial charge in [-0.05, 0) is 71.4 Å². The second-order valence-corrected chi connectivity index (χ2v) is 11.4. The Kier molecular flexibility index (Phi) is 10.8. The topological polar surface area (TPSA) is 60.7 Å². The van der Waals surface area contributed by atoms with Crippen LogP contribution in [0.5, 0.6) is 0 Å². The minimum atomic E-state index is -5.58. The molecule has 0 spiro atoms. The quantitative estimate of drug-likeness (QED) is 0.194. The van der Waals surface area contributed by atoms with E-state index in [1.807, 2.05) is 37.3 Å². The van der Waals surface area contributed by atoms with Crippen molar-refractivity contribution in [3.05, 3.63) is 64.2 Å². The predicted molar refractivity (Wildman–Crippen MR) is 140 cm³/mol. The van der Waals surface area contributed by atoms with E-state index >= 15 is 0 Å². The number of thioether (sulfide) groups is 1. The summed E-state index contributed by atoms with van der Waals surface area (Å²) in [4.78, 5) is 0.571. The van der Waals surface area contributed by atoms with Gasteiger partial charge in [0.1, 0.15) is 0 Å². The zero-order valence-electron chi connectivity index (χ0n) is 21.9. The summed E-state index contributed by atoms with van der Waals surface area (Å²) in [6, 6.07) is 11.4. The number of rotatable bonds is 11. The molecule has 2 aromatic rings. The summed E-state index contributed by atoms with van der Waals surface area (Å²) in [5.74, 6) is -4.51. The zero-order chi connectivity index (χ0) is 28.8. The van der Waals surface area contributed by atoms with Crippen LogP contribution in [0.1, 0.15) is 73.3 Å². The molecule has 3 N–H and O–H groups in total. The first kappa shape index (κ1) is 31.8. The number of hydrogen-bond acceptors (Lipinski definition) is 4. The molecule has 39 heavy (non-hydrogen) atoms. The molecule has 3 nitrogen and oxygen atoms in total. The molecule has 1 aliphatic rings. The first-order valence-corrected chi connectivity index (χ1v) is 14.2. The lowest BCUT2D eigenvalue weighted by atomic mass is 9.66. The van der Waals surface area contributed by atoms with Crippen LogP contribution in [0.15, 0.2) is 41.3 Å². The highest BCUT2D eigenvalue weighted by Gasteiger charge is 2.60. The molecule has 1 atom stereocenters. The molecule has 1 fully saturated rings. The second kappa shape index (κ2) is 13.3. The van der Waals surface area contributed by atoms with Gasteiger partial charge in [-0.15, -0.1) is 11.8 Å². The van der Waals surface area contributed by atoms with E-state index in [1.165, 1.54) is 0 Å². The Labute approximate surface area is 229 Å². The summed E-state index contributed by atoms with van der Waals surface area (Å²) in [7, 11) is 0. The lowest BCUT2D eigenvalue weighted by molar-refractivity contribution is -0.303. The lowest BCUT2D eigenvalue weighted by Crippen LogP contribution is -2.45. The van der Waals surface area contributed by atoms with Crippen LogP contribution in [-0.2, 0) is 31.5 Å². The lowest BCUT2D eigenvalue weighted by Gasteiger charge is -2.39. The van der Waals surface area contributed by atoms with Crippen LogP contribution in [-0.4, -0.2) is 39.5 Å². The molecule has 0 amide bonds. The van der Waals surface area contributed by atoms with Gasteiger partial charge in [-0.25, -0.2) is 0 Å². The smallest absolute Gasteiger partial charge is 0.392 e. The van der Waals surface area contributed by atoms with Crippen molar-refractivity contribution < 1.29 is 41.7 Å². The zero-order valence-corrected chi connectivity index (χ0v) is 22.7. The van der Waals surface area contributed by atoms with E-state index in [4.69, 9.17) is 0 Å². The van der Waals surface area contributed by atoms with E-state index < -0.39 is 30.1 Å². The third-order valence-corrected chi connectivity index (χ3v) is 9.09. The maximum absolute atomic E-state index is 13.0. The van der Waals surface area contributed by atoms with Crippen molar-refractivity contribution in [3.63, 3.8) is 0 Å². The molecule has 10 heteroatoms. The molecule has 2 aromatic carbocycles. The van der Waals surface area contributed by atoms with E-state index in [0.717, 1.165) is 73.4 Å². The molecular formula is C29H36F6O3S. The SMILES string of the molecule is CCc1cc(C2(CCc3ccc(CO)c(CO)c3)CCCCC2)ccc1SCC(O)C(C(F)(F)F)C(F)(F)F. The maximum atomic E-state index is 13.0. The third-order valence-electron chi connectivity index (χ3n) is 7.87. The molecule has 0 aliphatic heterocycles. The van der Waals surface area contributed by atoms with Crippen LogP contribution < -0.4 is 0 Å². The highest BCUT2D eigenvalue weighted by atomic mass is 32.2. The first-order valence-electron chi connectivity index (χ1n) is 13.2. The summed E-state index contributed by atoms with van der Waals surface area (Å²) < 4.78 is 78.0. The second-order valence-electron chi connectivity index (χ2n) is 10.4. The fourth-order valence-electron chi connectivity index (χ4n) is 5.65. The molecule has 0 bridgehead atoms. The van der Waals surface area contributed by atoms with Gasteiger partial charge >= 0.3 is 12.4 Å². The molecular weight excluding hydrogens is 542 g/mol. The minimum absolute atomic E-state index is 0.114. The van der Waals surface area contributed by atoms with Crippen molar-refractivity contribution in [2.45, 2.75) is 100 Å². The van der Waals surface area contributed by atoms with Crippen molar-refractivity contribution in [2.75, 3.05) is 5.75 Å². The van der Waals surface area contributed by atoms with Crippen LogP contribution in [0.25, 0.3) is 0 Å². The predicted octanol–water partition coefficient (Wildman–Crippen LogP) is 7.26. The Balaban J connectivity index is 1.81. The Morgan fingerprint density at radius 2 is 1.49 bits per heavy atom. The fourth-order valence-corrected chi connectivity index (χ4v) is 6.75. The Bertz CT molecular complexity index is 1070. The number of aryl methyl sites for hydroxylation is 2. The standard InChI is InChI=1S/C29H36F6O3S/c1-2-20-15-23(8-9-25(20)39-18-24(38)26(28(30,31)32)29(33,34)35)27(11-4-3-5-12-27)13-10-19-6-7-21(16-36)22(14-19)17-37/h6-9,14-15,24,26,36-38H,2-5,10-13,16-18H2,1H3. The summed E-state index contributed by atoms with van der Waals surface area (Å²) in [5.41, 5.74) is 4.28. The Hall–Kier alpha value is -1.75. The molecule has 0 heterocycles. The largest absolute Gasteiger partial charge is 0.403 e. The normalized spacial score (nSPS) is 17.0. The van der Waals surface area contributed by atoms with E-state index in [-0.39, 0.29) is 18.6 Å². The van der Waals surface area contributed by atoms with E-state index in [1.54, 1.807) is 6.07 Å². The van der Waals surface area contributed by atoms with Crippen molar-refractivity contribution in [3.8, 4) is 0 Å². The highest BCUT2D eigenvalue weighted by Crippen LogP contribution is 2.45. The first-order chi connectivity index (χ1) is 18.3. The number of halogens is 6. The van der Waals surface area contributed by atoms with Crippen LogP contribution in [0, 0.1) is 5.92 Å². The maximum Gasteiger partial charge on any atom is 0.403 e. The van der Waals surface area contributed by atoms with Crippen LogP contribution >= 0.6 is 11.8 Å². The monoisotopic (exact) mass is 578 g/mol. The summed E-state index contributed by atoms with van der Waals surface area (Å²) in [6.45, 7) is 1.59. The summed E-state index contributed by atoms with van der Waals surface area (Å²) in [5, 5.41) is 29.0. The van der Waals surface area contributed by atoms with Gasteiger partial charge in [0.25, 0.3) is 0 Å². The average molecular weight is 579 g/mol. The number of hydrogen-bond donors (Lipinski definition) is 3. The fraction of sp³-hybridized carbons (Fsp3) is 0.586.